The second-order valence-electron chi connectivity index (χ2n) is 4.99. The lowest BCUT2D eigenvalue weighted by Crippen LogP contribution is -2.37. The molecule has 1 aromatic heterocycles. The van der Waals surface area contributed by atoms with Crippen LogP contribution in [0.4, 0.5) is 5.69 Å². The van der Waals surface area contributed by atoms with Crippen LogP contribution in [0.5, 0.6) is 5.88 Å². The molecule has 1 saturated carbocycles. The highest BCUT2D eigenvalue weighted by Crippen LogP contribution is 2.23. The standard InChI is InChI=1S/C14H21N3O2/c1-19-13-8-7-10(9-16-13)17-14(18)11-5-3-2-4-6-12(11)15/h7-9,11-12H,2-6,15H2,1H3,(H,17,18). The van der Waals surface area contributed by atoms with Crippen LogP contribution < -0.4 is 15.8 Å². The van der Waals surface area contributed by atoms with Crippen LogP contribution in [0, 0.1) is 5.92 Å². The van der Waals surface area contributed by atoms with Gasteiger partial charge in [0.2, 0.25) is 11.8 Å². The van der Waals surface area contributed by atoms with Gasteiger partial charge in [0.05, 0.1) is 24.9 Å². The molecule has 104 valence electrons. The fourth-order valence-electron chi connectivity index (χ4n) is 2.47. The van der Waals surface area contributed by atoms with Crippen LogP contribution >= 0.6 is 0 Å². The van der Waals surface area contributed by atoms with Crippen LogP contribution in [0.15, 0.2) is 18.3 Å². The number of hydrogen-bond donors (Lipinski definition) is 2. The zero-order chi connectivity index (χ0) is 13.7. The molecule has 0 aromatic carbocycles. The summed E-state index contributed by atoms with van der Waals surface area (Å²) in [4.78, 5) is 16.3. The molecule has 1 fully saturated rings. The first kappa shape index (κ1) is 13.8. The number of pyridine rings is 1. The predicted molar refractivity (Wildman–Crippen MR) is 74.0 cm³/mol. The summed E-state index contributed by atoms with van der Waals surface area (Å²) >= 11 is 0. The third kappa shape index (κ3) is 3.67. The molecule has 1 aliphatic rings. The highest BCUT2D eigenvalue weighted by molar-refractivity contribution is 5.92. The molecule has 0 saturated heterocycles. The number of anilines is 1. The number of nitrogens with zero attached hydrogens (tertiary/aromatic N) is 1. The number of hydrogen-bond acceptors (Lipinski definition) is 4. The van der Waals surface area contributed by atoms with E-state index < -0.39 is 0 Å². The summed E-state index contributed by atoms with van der Waals surface area (Å²) in [5.74, 6) is 0.440. The van der Waals surface area contributed by atoms with E-state index in [0.717, 1.165) is 25.7 Å². The van der Waals surface area contributed by atoms with Gasteiger partial charge >= 0.3 is 0 Å². The third-order valence-corrected chi connectivity index (χ3v) is 3.62. The summed E-state index contributed by atoms with van der Waals surface area (Å²) in [6.45, 7) is 0. The Kier molecular flexibility index (Phi) is 4.74. The fourth-order valence-corrected chi connectivity index (χ4v) is 2.47. The van der Waals surface area contributed by atoms with E-state index in [9.17, 15) is 4.79 Å². The highest BCUT2D eigenvalue weighted by Gasteiger charge is 2.26. The van der Waals surface area contributed by atoms with Crippen molar-refractivity contribution in [2.45, 2.75) is 38.1 Å². The SMILES string of the molecule is COc1ccc(NC(=O)C2CCCCCC2N)cn1. The molecule has 1 amide bonds. The number of carbonyl (C=O) groups excluding carboxylic acids is 1. The summed E-state index contributed by atoms with van der Waals surface area (Å²) in [6.07, 6.45) is 6.76. The highest BCUT2D eigenvalue weighted by atomic mass is 16.5. The molecule has 0 aliphatic heterocycles. The van der Waals surface area contributed by atoms with E-state index in [1.807, 2.05) is 0 Å². The largest absolute Gasteiger partial charge is 0.481 e. The molecule has 2 rings (SSSR count). The van der Waals surface area contributed by atoms with E-state index in [2.05, 4.69) is 10.3 Å². The van der Waals surface area contributed by atoms with E-state index in [1.54, 1.807) is 25.4 Å². The molecular formula is C14H21N3O2. The minimum Gasteiger partial charge on any atom is -0.481 e. The number of methoxy groups -OCH3 is 1. The van der Waals surface area contributed by atoms with Crippen molar-refractivity contribution in [3.05, 3.63) is 18.3 Å². The number of aromatic nitrogens is 1. The molecule has 19 heavy (non-hydrogen) atoms. The lowest BCUT2D eigenvalue weighted by molar-refractivity contribution is -0.120. The van der Waals surface area contributed by atoms with Gasteiger partial charge in [-0.25, -0.2) is 4.98 Å². The molecule has 1 aromatic rings. The molecule has 1 aliphatic carbocycles. The number of carbonyl (C=O) groups is 1. The van der Waals surface area contributed by atoms with Crippen molar-refractivity contribution >= 4 is 11.6 Å². The first-order chi connectivity index (χ1) is 9.20. The Bertz CT molecular complexity index is 419. The Balaban J connectivity index is 1.98. The average Bonchev–Trinajstić information content (AvgIpc) is 2.64. The van der Waals surface area contributed by atoms with E-state index in [-0.39, 0.29) is 17.9 Å². The maximum atomic E-state index is 12.2. The maximum Gasteiger partial charge on any atom is 0.229 e. The van der Waals surface area contributed by atoms with Gasteiger partial charge in [-0.2, -0.15) is 0 Å². The van der Waals surface area contributed by atoms with Crippen LogP contribution in [-0.2, 0) is 4.79 Å². The van der Waals surface area contributed by atoms with E-state index in [0.29, 0.717) is 11.6 Å². The van der Waals surface area contributed by atoms with E-state index in [4.69, 9.17) is 10.5 Å². The van der Waals surface area contributed by atoms with Crippen LogP contribution in [0.3, 0.4) is 0 Å². The van der Waals surface area contributed by atoms with Crippen LogP contribution in [0.2, 0.25) is 0 Å². The van der Waals surface area contributed by atoms with E-state index in [1.165, 1.54) is 6.42 Å². The Morgan fingerprint density at radius 3 is 2.84 bits per heavy atom. The second-order valence-corrected chi connectivity index (χ2v) is 4.99. The number of ether oxygens (including phenoxy) is 1. The summed E-state index contributed by atoms with van der Waals surface area (Å²) < 4.78 is 4.98. The first-order valence-corrected chi connectivity index (χ1v) is 6.77. The Morgan fingerprint density at radius 1 is 1.37 bits per heavy atom. The van der Waals surface area contributed by atoms with Crippen molar-refractivity contribution in [3.8, 4) is 5.88 Å². The van der Waals surface area contributed by atoms with Crippen molar-refractivity contribution in [1.29, 1.82) is 0 Å². The number of nitrogens with two attached hydrogens (primary N) is 1. The van der Waals surface area contributed by atoms with Crippen molar-refractivity contribution in [3.63, 3.8) is 0 Å². The van der Waals surface area contributed by atoms with Crippen molar-refractivity contribution in [2.75, 3.05) is 12.4 Å². The summed E-state index contributed by atoms with van der Waals surface area (Å²) in [5, 5.41) is 2.88. The van der Waals surface area contributed by atoms with Gasteiger partial charge in [0.25, 0.3) is 0 Å². The molecule has 5 heteroatoms. The molecule has 2 atom stereocenters. The molecule has 3 N–H and O–H groups in total. The Labute approximate surface area is 113 Å². The van der Waals surface area contributed by atoms with Gasteiger partial charge in [-0.05, 0) is 18.9 Å². The monoisotopic (exact) mass is 263 g/mol. The molecule has 1 heterocycles. The van der Waals surface area contributed by atoms with Crippen LogP contribution in [0.1, 0.15) is 32.1 Å². The van der Waals surface area contributed by atoms with Crippen molar-refractivity contribution in [2.24, 2.45) is 11.7 Å². The molecule has 0 spiro atoms. The number of rotatable bonds is 3. The second kappa shape index (κ2) is 6.52. The van der Waals surface area contributed by atoms with Crippen LogP contribution in [0.25, 0.3) is 0 Å². The minimum atomic E-state index is -0.0930. The van der Waals surface area contributed by atoms with Gasteiger partial charge in [0.15, 0.2) is 0 Å². The average molecular weight is 263 g/mol. The van der Waals surface area contributed by atoms with Gasteiger partial charge in [0.1, 0.15) is 0 Å². The van der Waals surface area contributed by atoms with Gasteiger partial charge < -0.3 is 15.8 Å². The molecule has 0 radical (unpaired) electrons. The zero-order valence-corrected chi connectivity index (χ0v) is 11.3. The van der Waals surface area contributed by atoms with Gasteiger partial charge in [-0.15, -0.1) is 0 Å². The summed E-state index contributed by atoms with van der Waals surface area (Å²) in [6, 6.07) is 3.47. The summed E-state index contributed by atoms with van der Waals surface area (Å²) in [7, 11) is 1.56. The van der Waals surface area contributed by atoms with E-state index >= 15 is 0 Å². The molecule has 2 unspecified atom stereocenters. The smallest absolute Gasteiger partial charge is 0.229 e. The Morgan fingerprint density at radius 2 is 2.16 bits per heavy atom. The fraction of sp³-hybridized carbons (Fsp3) is 0.571. The lowest BCUT2D eigenvalue weighted by atomic mass is 9.94. The summed E-state index contributed by atoms with van der Waals surface area (Å²) in [5.41, 5.74) is 6.77. The third-order valence-electron chi connectivity index (χ3n) is 3.62. The van der Waals surface area contributed by atoms with Crippen LogP contribution in [-0.4, -0.2) is 24.0 Å². The van der Waals surface area contributed by atoms with Crippen molar-refractivity contribution in [1.82, 2.24) is 4.98 Å². The van der Waals surface area contributed by atoms with Crippen molar-refractivity contribution < 1.29 is 9.53 Å². The predicted octanol–water partition coefficient (Wildman–Crippen LogP) is 1.94. The Hall–Kier alpha value is -1.62. The quantitative estimate of drug-likeness (QED) is 0.817. The molecule has 0 bridgehead atoms. The van der Waals surface area contributed by atoms with Gasteiger partial charge in [0, 0.05) is 12.1 Å². The van der Waals surface area contributed by atoms with Gasteiger partial charge in [-0.1, -0.05) is 19.3 Å². The minimum absolute atomic E-state index is 0.00127. The normalized spacial score (nSPS) is 23.5. The first-order valence-electron chi connectivity index (χ1n) is 6.77. The topological polar surface area (TPSA) is 77.2 Å². The number of nitrogens with one attached hydrogen (secondary N) is 1. The maximum absolute atomic E-state index is 12.2. The zero-order valence-electron chi connectivity index (χ0n) is 11.3. The lowest BCUT2D eigenvalue weighted by Gasteiger charge is -2.20. The molecule has 5 nitrogen and oxygen atoms in total. The molecular weight excluding hydrogens is 242 g/mol. The van der Waals surface area contributed by atoms with Gasteiger partial charge in [-0.3, -0.25) is 4.79 Å². The number of amides is 1.